The van der Waals surface area contributed by atoms with Gasteiger partial charge in [-0.1, -0.05) is 36.8 Å². The Morgan fingerprint density at radius 2 is 2.00 bits per heavy atom. The molecule has 0 aromatic heterocycles. The van der Waals surface area contributed by atoms with Crippen LogP contribution in [-0.2, 0) is 11.2 Å². The molecule has 0 spiro atoms. The Labute approximate surface area is 103 Å². The molecule has 2 nitrogen and oxygen atoms in total. The van der Waals surface area contributed by atoms with Gasteiger partial charge in [0.25, 0.3) is 0 Å². The van der Waals surface area contributed by atoms with Crippen molar-refractivity contribution in [3.63, 3.8) is 0 Å². The molecule has 0 saturated carbocycles. The first-order chi connectivity index (χ1) is 8.34. The van der Waals surface area contributed by atoms with Gasteiger partial charge in [0.1, 0.15) is 0 Å². The minimum absolute atomic E-state index is 0.243. The van der Waals surface area contributed by atoms with Gasteiger partial charge >= 0.3 is 0 Å². The summed E-state index contributed by atoms with van der Waals surface area (Å²) in [7, 11) is 0. The number of amides is 1. The predicted octanol–water partition coefficient (Wildman–Crippen LogP) is 3.07. The molecule has 1 heterocycles. The van der Waals surface area contributed by atoms with Crippen LogP contribution in [0.5, 0.6) is 0 Å². The van der Waals surface area contributed by atoms with Crippen LogP contribution in [0.25, 0.3) is 0 Å². The van der Waals surface area contributed by atoms with E-state index in [9.17, 15) is 4.79 Å². The second-order valence-electron chi connectivity index (χ2n) is 4.89. The van der Waals surface area contributed by atoms with Crippen molar-refractivity contribution in [2.24, 2.45) is 0 Å². The summed E-state index contributed by atoms with van der Waals surface area (Å²) < 4.78 is 0. The van der Waals surface area contributed by atoms with Gasteiger partial charge in [-0.25, -0.2) is 0 Å². The molecule has 0 radical (unpaired) electrons. The molecule has 1 aromatic rings. The molecule has 1 atom stereocenters. The van der Waals surface area contributed by atoms with Crippen molar-refractivity contribution >= 4 is 5.91 Å². The molecule has 1 fully saturated rings. The van der Waals surface area contributed by atoms with Crippen molar-refractivity contribution in [2.75, 3.05) is 0 Å². The monoisotopic (exact) mass is 231 g/mol. The van der Waals surface area contributed by atoms with Gasteiger partial charge in [0.05, 0.1) is 0 Å². The lowest BCUT2D eigenvalue weighted by molar-refractivity contribution is -0.121. The summed E-state index contributed by atoms with van der Waals surface area (Å²) in [5.74, 6) is 0.243. The van der Waals surface area contributed by atoms with Crippen LogP contribution in [0.1, 0.15) is 44.1 Å². The Morgan fingerprint density at radius 3 is 2.82 bits per heavy atom. The quantitative estimate of drug-likeness (QED) is 0.847. The molecule has 1 aliphatic heterocycles. The third kappa shape index (κ3) is 4.22. The van der Waals surface area contributed by atoms with Crippen LogP contribution in [-0.4, -0.2) is 11.9 Å². The standard InChI is InChI=1S/C15H21NO/c17-15-12-5-4-10-14(16-15)11-6-9-13-7-2-1-3-8-13/h1-3,7-8,14H,4-6,9-12H2,(H,16,17). The van der Waals surface area contributed by atoms with Gasteiger partial charge in [0, 0.05) is 12.5 Å². The van der Waals surface area contributed by atoms with Crippen molar-refractivity contribution in [2.45, 2.75) is 51.0 Å². The SMILES string of the molecule is O=C1CCCCC(CCCc2ccccc2)N1. The smallest absolute Gasteiger partial charge is 0.220 e. The summed E-state index contributed by atoms with van der Waals surface area (Å²) >= 11 is 0. The first kappa shape index (κ1) is 12.2. The fourth-order valence-corrected chi connectivity index (χ4v) is 2.46. The number of aryl methyl sites for hydroxylation is 1. The van der Waals surface area contributed by atoms with Crippen LogP contribution in [0.3, 0.4) is 0 Å². The van der Waals surface area contributed by atoms with Crippen LogP contribution in [0.15, 0.2) is 30.3 Å². The number of hydrogen-bond donors (Lipinski definition) is 1. The summed E-state index contributed by atoms with van der Waals surface area (Å²) in [6, 6.07) is 11.0. The van der Waals surface area contributed by atoms with Crippen molar-refractivity contribution < 1.29 is 4.79 Å². The number of nitrogens with one attached hydrogen (secondary N) is 1. The van der Waals surface area contributed by atoms with E-state index in [2.05, 4.69) is 35.6 Å². The van der Waals surface area contributed by atoms with E-state index in [1.165, 1.54) is 12.0 Å². The van der Waals surface area contributed by atoms with E-state index < -0.39 is 0 Å². The zero-order chi connectivity index (χ0) is 11.9. The van der Waals surface area contributed by atoms with Gasteiger partial charge in [0.2, 0.25) is 5.91 Å². The lowest BCUT2D eigenvalue weighted by Gasteiger charge is -2.15. The maximum absolute atomic E-state index is 11.4. The molecule has 0 aliphatic carbocycles. The molecule has 1 unspecified atom stereocenters. The zero-order valence-electron chi connectivity index (χ0n) is 10.3. The highest BCUT2D eigenvalue weighted by Gasteiger charge is 2.15. The Kier molecular flexibility index (Phi) is 4.60. The highest BCUT2D eigenvalue weighted by molar-refractivity contribution is 5.76. The largest absolute Gasteiger partial charge is 0.353 e. The van der Waals surface area contributed by atoms with Crippen molar-refractivity contribution in [1.82, 2.24) is 5.32 Å². The highest BCUT2D eigenvalue weighted by Crippen LogP contribution is 2.14. The first-order valence-electron chi connectivity index (χ1n) is 6.68. The minimum Gasteiger partial charge on any atom is -0.353 e. The molecule has 1 aromatic carbocycles. The van der Waals surface area contributed by atoms with Crippen LogP contribution >= 0.6 is 0 Å². The number of hydrogen-bond acceptors (Lipinski definition) is 1. The van der Waals surface area contributed by atoms with Gasteiger partial charge in [-0.3, -0.25) is 4.79 Å². The summed E-state index contributed by atoms with van der Waals surface area (Å²) in [6.45, 7) is 0. The van der Waals surface area contributed by atoms with Crippen molar-refractivity contribution in [3.8, 4) is 0 Å². The molecule has 1 N–H and O–H groups in total. The number of carbonyl (C=O) groups is 1. The van der Waals surface area contributed by atoms with E-state index in [0.717, 1.165) is 38.5 Å². The third-order valence-electron chi connectivity index (χ3n) is 3.43. The second kappa shape index (κ2) is 6.43. The Hall–Kier alpha value is -1.31. The van der Waals surface area contributed by atoms with Crippen LogP contribution in [0, 0.1) is 0 Å². The maximum atomic E-state index is 11.4. The molecule has 0 bridgehead atoms. The second-order valence-corrected chi connectivity index (χ2v) is 4.89. The van der Waals surface area contributed by atoms with Gasteiger partial charge in [-0.05, 0) is 37.7 Å². The topological polar surface area (TPSA) is 29.1 Å². The van der Waals surface area contributed by atoms with Crippen molar-refractivity contribution in [1.29, 1.82) is 0 Å². The fourth-order valence-electron chi connectivity index (χ4n) is 2.46. The summed E-state index contributed by atoms with van der Waals surface area (Å²) in [5.41, 5.74) is 1.40. The van der Waals surface area contributed by atoms with Crippen LogP contribution in [0.2, 0.25) is 0 Å². The lowest BCUT2D eigenvalue weighted by Crippen LogP contribution is -2.32. The molecular formula is C15H21NO. The number of carbonyl (C=O) groups excluding carboxylic acids is 1. The van der Waals surface area contributed by atoms with E-state index in [1.807, 2.05) is 0 Å². The van der Waals surface area contributed by atoms with Gasteiger partial charge in [-0.15, -0.1) is 0 Å². The molecule has 1 aliphatic rings. The predicted molar refractivity (Wildman–Crippen MR) is 69.8 cm³/mol. The van der Waals surface area contributed by atoms with Gasteiger partial charge in [-0.2, -0.15) is 0 Å². The first-order valence-corrected chi connectivity index (χ1v) is 6.68. The number of benzene rings is 1. The van der Waals surface area contributed by atoms with Crippen molar-refractivity contribution in [3.05, 3.63) is 35.9 Å². The normalized spacial score (nSPS) is 20.7. The van der Waals surface area contributed by atoms with E-state index in [-0.39, 0.29) is 5.91 Å². The molecular weight excluding hydrogens is 210 g/mol. The average molecular weight is 231 g/mol. The summed E-state index contributed by atoms with van der Waals surface area (Å²) in [6.07, 6.45) is 7.51. The molecule has 1 amide bonds. The molecule has 2 heteroatoms. The Bertz CT molecular complexity index is 347. The van der Waals surface area contributed by atoms with Gasteiger partial charge in [0.15, 0.2) is 0 Å². The van der Waals surface area contributed by atoms with E-state index >= 15 is 0 Å². The van der Waals surface area contributed by atoms with E-state index in [4.69, 9.17) is 0 Å². The van der Waals surface area contributed by atoms with Crippen LogP contribution < -0.4 is 5.32 Å². The van der Waals surface area contributed by atoms with Crippen LogP contribution in [0.4, 0.5) is 0 Å². The third-order valence-corrected chi connectivity index (χ3v) is 3.43. The molecule has 17 heavy (non-hydrogen) atoms. The Balaban J connectivity index is 1.72. The minimum atomic E-state index is 0.243. The highest BCUT2D eigenvalue weighted by atomic mass is 16.1. The molecule has 2 rings (SSSR count). The Morgan fingerprint density at radius 1 is 1.18 bits per heavy atom. The van der Waals surface area contributed by atoms with E-state index in [1.54, 1.807) is 0 Å². The summed E-state index contributed by atoms with van der Waals surface area (Å²) in [5, 5.41) is 3.13. The van der Waals surface area contributed by atoms with E-state index in [0.29, 0.717) is 6.04 Å². The number of rotatable bonds is 4. The zero-order valence-corrected chi connectivity index (χ0v) is 10.3. The maximum Gasteiger partial charge on any atom is 0.220 e. The summed E-state index contributed by atoms with van der Waals surface area (Å²) in [4.78, 5) is 11.4. The lowest BCUT2D eigenvalue weighted by atomic mass is 10.0. The van der Waals surface area contributed by atoms with Gasteiger partial charge < -0.3 is 5.32 Å². The molecule has 92 valence electrons. The molecule has 1 saturated heterocycles. The average Bonchev–Trinajstić information content (AvgIpc) is 2.55. The fraction of sp³-hybridized carbons (Fsp3) is 0.533.